The average molecular weight is 243 g/mol. The van der Waals surface area contributed by atoms with Crippen LogP contribution in [0.5, 0.6) is 0 Å². The van der Waals surface area contributed by atoms with Crippen molar-refractivity contribution < 1.29 is 4.79 Å². The van der Waals surface area contributed by atoms with Gasteiger partial charge < -0.3 is 0 Å². The van der Waals surface area contributed by atoms with E-state index in [9.17, 15) is 4.79 Å². The average Bonchev–Trinajstić information content (AvgIpc) is 2.34. The third-order valence-corrected chi connectivity index (χ3v) is 3.57. The number of hydrogen-bond acceptors (Lipinski definition) is 3. The van der Waals surface area contributed by atoms with Gasteiger partial charge in [-0.25, -0.2) is 4.98 Å². The molecule has 0 bridgehead atoms. The summed E-state index contributed by atoms with van der Waals surface area (Å²) in [4.78, 5) is 16.0. The van der Waals surface area contributed by atoms with E-state index in [1.807, 2.05) is 6.07 Å². The Bertz CT molecular complexity index is 534. The summed E-state index contributed by atoms with van der Waals surface area (Å²) in [6, 6.07) is 10.0. The van der Waals surface area contributed by atoms with Crippen LogP contribution in [0.4, 0.5) is 0 Å². The summed E-state index contributed by atoms with van der Waals surface area (Å²) in [6.45, 7) is 4.17. The molecule has 0 saturated carbocycles. The molecule has 0 aliphatic rings. The van der Waals surface area contributed by atoms with Gasteiger partial charge in [-0.05, 0) is 37.6 Å². The molecule has 1 aromatic heterocycles. The summed E-state index contributed by atoms with van der Waals surface area (Å²) in [5, 5.41) is 0.905. The molecular formula is C14H13NOS. The number of benzene rings is 1. The van der Waals surface area contributed by atoms with E-state index in [1.165, 1.54) is 16.0 Å². The van der Waals surface area contributed by atoms with Crippen LogP contribution in [-0.4, -0.2) is 11.3 Å². The van der Waals surface area contributed by atoms with Crippen molar-refractivity contribution in [3.05, 3.63) is 53.2 Å². The summed E-state index contributed by atoms with van der Waals surface area (Å²) in [5.41, 5.74) is 3.11. The van der Waals surface area contributed by atoms with E-state index in [2.05, 4.69) is 37.0 Å². The molecule has 17 heavy (non-hydrogen) atoms. The lowest BCUT2D eigenvalue weighted by Gasteiger charge is -2.05. The molecule has 1 heterocycles. The SMILES string of the molecule is Cc1ccc(Sc2ccc(C=O)cn2)c(C)c1. The van der Waals surface area contributed by atoms with E-state index in [4.69, 9.17) is 0 Å². The van der Waals surface area contributed by atoms with Gasteiger partial charge in [0.25, 0.3) is 0 Å². The van der Waals surface area contributed by atoms with Gasteiger partial charge >= 0.3 is 0 Å². The highest BCUT2D eigenvalue weighted by Gasteiger charge is 2.02. The Kier molecular flexibility index (Phi) is 3.59. The Labute approximate surface area is 105 Å². The summed E-state index contributed by atoms with van der Waals surface area (Å²) in [6.07, 6.45) is 2.40. The van der Waals surface area contributed by atoms with Gasteiger partial charge in [0, 0.05) is 16.7 Å². The fourth-order valence-corrected chi connectivity index (χ4v) is 2.37. The number of carbonyl (C=O) groups is 1. The molecule has 0 saturated heterocycles. The maximum absolute atomic E-state index is 10.5. The topological polar surface area (TPSA) is 30.0 Å². The predicted molar refractivity (Wildman–Crippen MR) is 69.7 cm³/mol. The molecule has 2 aromatic rings. The highest BCUT2D eigenvalue weighted by atomic mass is 32.2. The van der Waals surface area contributed by atoms with Crippen molar-refractivity contribution in [3.8, 4) is 0 Å². The minimum absolute atomic E-state index is 0.606. The second kappa shape index (κ2) is 5.15. The number of hydrogen-bond donors (Lipinski definition) is 0. The molecule has 0 atom stereocenters. The fourth-order valence-electron chi connectivity index (χ4n) is 1.55. The van der Waals surface area contributed by atoms with Crippen LogP contribution in [-0.2, 0) is 0 Å². The molecule has 1 aromatic carbocycles. The lowest BCUT2D eigenvalue weighted by molar-refractivity contribution is 0.112. The van der Waals surface area contributed by atoms with Crippen LogP contribution in [0, 0.1) is 13.8 Å². The molecule has 0 fully saturated rings. The van der Waals surface area contributed by atoms with E-state index in [0.29, 0.717) is 5.56 Å². The Hall–Kier alpha value is -1.61. The second-order valence-corrected chi connectivity index (χ2v) is 4.98. The van der Waals surface area contributed by atoms with Crippen LogP contribution in [0.15, 0.2) is 46.5 Å². The molecule has 0 amide bonds. The highest BCUT2D eigenvalue weighted by molar-refractivity contribution is 7.99. The maximum atomic E-state index is 10.5. The third-order valence-electron chi connectivity index (χ3n) is 2.44. The van der Waals surface area contributed by atoms with Crippen LogP contribution < -0.4 is 0 Å². The van der Waals surface area contributed by atoms with Crippen molar-refractivity contribution >= 4 is 18.0 Å². The van der Waals surface area contributed by atoms with E-state index in [0.717, 1.165) is 11.3 Å². The summed E-state index contributed by atoms with van der Waals surface area (Å²) < 4.78 is 0. The van der Waals surface area contributed by atoms with Crippen LogP contribution in [0.1, 0.15) is 21.5 Å². The van der Waals surface area contributed by atoms with E-state index < -0.39 is 0 Å². The van der Waals surface area contributed by atoms with Gasteiger partial charge in [0.2, 0.25) is 0 Å². The molecule has 0 unspecified atom stereocenters. The van der Waals surface area contributed by atoms with Crippen LogP contribution in [0.2, 0.25) is 0 Å². The smallest absolute Gasteiger partial charge is 0.151 e. The van der Waals surface area contributed by atoms with Crippen molar-refractivity contribution in [3.63, 3.8) is 0 Å². The zero-order valence-electron chi connectivity index (χ0n) is 9.81. The minimum atomic E-state index is 0.606. The normalized spacial score (nSPS) is 10.2. The van der Waals surface area contributed by atoms with E-state index in [1.54, 1.807) is 24.0 Å². The zero-order valence-corrected chi connectivity index (χ0v) is 10.6. The monoisotopic (exact) mass is 243 g/mol. The first-order valence-corrected chi connectivity index (χ1v) is 6.17. The van der Waals surface area contributed by atoms with Crippen molar-refractivity contribution in [2.45, 2.75) is 23.8 Å². The number of pyridine rings is 1. The van der Waals surface area contributed by atoms with E-state index >= 15 is 0 Å². The first-order chi connectivity index (χ1) is 8.19. The number of rotatable bonds is 3. The molecular weight excluding hydrogens is 230 g/mol. The first-order valence-electron chi connectivity index (χ1n) is 5.35. The van der Waals surface area contributed by atoms with Crippen molar-refractivity contribution in [1.29, 1.82) is 0 Å². The Morgan fingerprint density at radius 2 is 2.00 bits per heavy atom. The van der Waals surface area contributed by atoms with Crippen molar-refractivity contribution in [2.75, 3.05) is 0 Å². The van der Waals surface area contributed by atoms with Gasteiger partial charge in [-0.3, -0.25) is 4.79 Å². The number of carbonyl (C=O) groups excluding carboxylic acids is 1. The molecule has 0 spiro atoms. The second-order valence-electron chi connectivity index (χ2n) is 3.92. The summed E-state index contributed by atoms with van der Waals surface area (Å²) in [7, 11) is 0. The Balaban J connectivity index is 2.22. The number of aromatic nitrogens is 1. The fraction of sp³-hybridized carbons (Fsp3) is 0.143. The molecule has 3 heteroatoms. The van der Waals surface area contributed by atoms with E-state index in [-0.39, 0.29) is 0 Å². The number of aldehydes is 1. The molecule has 0 aliphatic carbocycles. The van der Waals surface area contributed by atoms with Crippen molar-refractivity contribution in [2.24, 2.45) is 0 Å². The first kappa shape index (κ1) is 11.9. The van der Waals surface area contributed by atoms with Gasteiger partial charge in [0.15, 0.2) is 6.29 Å². The Morgan fingerprint density at radius 1 is 1.18 bits per heavy atom. The van der Waals surface area contributed by atoms with Crippen LogP contribution in [0.3, 0.4) is 0 Å². The lowest BCUT2D eigenvalue weighted by atomic mass is 10.2. The van der Waals surface area contributed by atoms with Gasteiger partial charge in [0.05, 0.1) is 0 Å². The van der Waals surface area contributed by atoms with Crippen molar-refractivity contribution in [1.82, 2.24) is 4.98 Å². The standard InChI is InChI=1S/C14H13NOS/c1-10-3-5-13(11(2)7-10)17-14-6-4-12(9-16)8-15-14/h3-9H,1-2H3. The molecule has 0 radical (unpaired) electrons. The quantitative estimate of drug-likeness (QED) is 0.770. The maximum Gasteiger partial charge on any atom is 0.151 e. The minimum Gasteiger partial charge on any atom is -0.298 e. The largest absolute Gasteiger partial charge is 0.298 e. The lowest BCUT2D eigenvalue weighted by Crippen LogP contribution is -1.86. The van der Waals surface area contributed by atoms with Gasteiger partial charge in [-0.2, -0.15) is 0 Å². The summed E-state index contributed by atoms with van der Waals surface area (Å²) in [5.74, 6) is 0. The predicted octanol–water partition coefficient (Wildman–Crippen LogP) is 3.66. The molecule has 0 N–H and O–H groups in total. The van der Waals surface area contributed by atoms with Gasteiger partial charge in [-0.15, -0.1) is 0 Å². The molecule has 86 valence electrons. The number of nitrogens with zero attached hydrogens (tertiary/aromatic N) is 1. The molecule has 2 nitrogen and oxygen atoms in total. The van der Waals surface area contributed by atoms with Crippen LogP contribution in [0.25, 0.3) is 0 Å². The Morgan fingerprint density at radius 3 is 2.59 bits per heavy atom. The van der Waals surface area contributed by atoms with Crippen LogP contribution >= 0.6 is 11.8 Å². The number of aryl methyl sites for hydroxylation is 2. The van der Waals surface area contributed by atoms with Gasteiger partial charge in [-0.1, -0.05) is 29.5 Å². The van der Waals surface area contributed by atoms with Gasteiger partial charge in [0.1, 0.15) is 5.03 Å². The summed E-state index contributed by atoms with van der Waals surface area (Å²) >= 11 is 1.62. The third kappa shape index (κ3) is 2.94. The highest BCUT2D eigenvalue weighted by Crippen LogP contribution is 2.29. The molecule has 2 rings (SSSR count). The zero-order chi connectivity index (χ0) is 12.3. The molecule has 0 aliphatic heterocycles.